The molecule has 6 rings (SSSR count). The first-order valence-corrected chi connectivity index (χ1v) is 14.5. The summed E-state index contributed by atoms with van der Waals surface area (Å²) in [4.78, 5) is 49.5. The molecular formula is C32H30ClFN6O3. The van der Waals surface area contributed by atoms with Gasteiger partial charge >= 0.3 is 0 Å². The van der Waals surface area contributed by atoms with Crippen molar-refractivity contribution >= 4 is 45.7 Å². The Morgan fingerprint density at radius 2 is 1.79 bits per heavy atom. The lowest BCUT2D eigenvalue weighted by atomic mass is 10.0. The summed E-state index contributed by atoms with van der Waals surface area (Å²) in [6.07, 6.45) is 4.79. The van der Waals surface area contributed by atoms with Crippen LogP contribution in [-0.4, -0.2) is 60.9 Å². The van der Waals surface area contributed by atoms with Crippen LogP contribution >= 0.6 is 11.6 Å². The van der Waals surface area contributed by atoms with Crippen molar-refractivity contribution in [3.05, 3.63) is 82.8 Å². The minimum Gasteiger partial charge on any atom is -0.348 e. The lowest BCUT2D eigenvalue weighted by Crippen LogP contribution is -2.49. The Hall–Kier alpha value is -4.44. The largest absolute Gasteiger partial charge is 0.348 e. The van der Waals surface area contributed by atoms with Crippen molar-refractivity contribution in [2.75, 3.05) is 6.54 Å². The maximum Gasteiger partial charge on any atom is 0.245 e. The summed E-state index contributed by atoms with van der Waals surface area (Å²) >= 11 is 6.20. The molecule has 220 valence electrons. The van der Waals surface area contributed by atoms with Gasteiger partial charge in [0.25, 0.3) is 0 Å². The number of aromatic nitrogens is 4. The fraction of sp³-hybridized carbons (Fsp3) is 0.312. The number of amides is 2. The molecule has 0 radical (unpaired) electrons. The number of Topliss-reactive ketones (excluding diaryl/α,β-unsaturated/α-hetero) is 1. The van der Waals surface area contributed by atoms with Crippen LogP contribution in [0.4, 0.5) is 4.39 Å². The molecule has 2 aromatic carbocycles. The van der Waals surface area contributed by atoms with E-state index in [2.05, 4.69) is 20.4 Å². The highest BCUT2D eigenvalue weighted by Gasteiger charge is 2.56. The second kappa shape index (κ2) is 11.3. The minimum absolute atomic E-state index is 0.0317. The fourth-order valence-electron chi connectivity index (χ4n) is 5.87. The molecule has 2 amide bonds. The number of carbonyl (C=O) groups is 3. The van der Waals surface area contributed by atoms with Gasteiger partial charge in [0, 0.05) is 41.3 Å². The molecule has 1 saturated heterocycles. The number of allylic oxidation sites excluding steroid dienone is 1. The van der Waals surface area contributed by atoms with E-state index in [9.17, 15) is 18.8 Å². The van der Waals surface area contributed by atoms with Crippen LogP contribution in [-0.2, 0) is 16.1 Å². The number of hydrogen-bond donors (Lipinski definition) is 1. The SMILES string of the molecule is CC(=O)c1nn(CC(=O)N2[C@@H]3C[C@@H]3C[C@H]2C(=O)NC/C(F)=C(/C)c2ccccc2Cl)c2ccc(-c3cnc(C)nc3)cc12. The third kappa shape index (κ3) is 5.54. The third-order valence-electron chi connectivity index (χ3n) is 8.28. The zero-order chi connectivity index (χ0) is 30.4. The number of rotatable bonds is 8. The lowest BCUT2D eigenvalue weighted by Gasteiger charge is -2.27. The topological polar surface area (TPSA) is 110 Å². The van der Waals surface area contributed by atoms with Crippen molar-refractivity contribution in [2.24, 2.45) is 5.92 Å². The number of aryl methyl sites for hydroxylation is 1. The van der Waals surface area contributed by atoms with E-state index < -0.39 is 17.8 Å². The summed E-state index contributed by atoms with van der Waals surface area (Å²) in [7, 11) is 0. The van der Waals surface area contributed by atoms with Crippen molar-refractivity contribution < 1.29 is 18.8 Å². The van der Waals surface area contributed by atoms with Gasteiger partial charge in [0.05, 0.1) is 12.1 Å². The van der Waals surface area contributed by atoms with Gasteiger partial charge in [0.2, 0.25) is 11.8 Å². The quantitative estimate of drug-likeness (QED) is 0.280. The van der Waals surface area contributed by atoms with Gasteiger partial charge in [-0.3, -0.25) is 19.1 Å². The first-order chi connectivity index (χ1) is 20.6. The van der Waals surface area contributed by atoms with Crippen molar-refractivity contribution in [1.82, 2.24) is 30.0 Å². The highest BCUT2D eigenvalue weighted by molar-refractivity contribution is 6.32. The summed E-state index contributed by atoms with van der Waals surface area (Å²) in [5.41, 5.74) is 3.41. The zero-order valence-electron chi connectivity index (χ0n) is 24.0. The van der Waals surface area contributed by atoms with E-state index in [4.69, 9.17) is 11.6 Å². The van der Waals surface area contributed by atoms with Crippen LogP contribution in [0.25, 0.3) is 27.6 Å². The number of likely N-dealkylation sites (tertiary alicyclic amines) is 1. The van der Waals surface area contributed by atoms with Gasteiger partial charge < -0.3 is 10.2 Å². The first-order valence-electron chi connectivity index (χ1n) is 14.1. The Bertz CT molecular complexity index is 1800. The normalized spacial score (nSPS) is 19.7. The van der Waals surface area contributed by atoms with E-state index in [1.165, 1.54) is 11.6 Å². The van der Waals surface area contributed by atoms with Crippen LogP contribution in [0.3, 0.4) is 0 Å². The molecule has 0 bridgehead atoms. The van der Waals surface area contributed by atoms with Gasteiger partial charge in [0.1, 0.15) is 29.9 Å². The van der Waals surface area contributed by atoms with E-state index >= 15 is 0 Å². The maximum atomic E-state index is 15.0. The van der Waals surface area contributed by atoms with Crippen LogP contribution in [0.2, 0.25) is 5.02 Å². The van der Waals surface area contributed by atoms with Gasteiger partial charge in [-0.2, -0.15) is 5.10 Å². The summed E-state index contributed by atoms with van der Waals surface area (Å²) < 4.78 is 16.5. The number of piperidine rings is 1. The van der Waals surface area contributed by atoms with Gasteiger partial charge in [0.15, 0.2) is 5.78 Å². The highest BCUT2D eigenvalue weighted by atomic mass is 35.5. The average Bonchev–Trinajstić information content (AvgIpc) is 3.50. The predicted molar refractivity (Wildman–Crippen MR) is 161 cm³/mol. The van der Waals surface area contributed by atoms with Crippen LogP contribution < -0.4 is 5.32 Å². The molecule has 2 aromatic heterocycles. The molecule has 9 nitrogen and oxygen atoms in total. The van der Waals surface area contributed by atoms with Crippen molar-refractivity contribution in [2.45, 2.75) is 52.2 Å². The van der Waals surface area contributed by atoms with Crippen molar-refractivity contribution in [1.29, 1.82) is 0 Å². The molecule has 2 fully saturated rings. The predicted octanol–water partition coefficient (Wildman–Crippen LogP) is 5.16. The lowest BCUT2D eigenvalue weighted by molar-refractivity contribution is -0.140. The van der Waals surface area contributed by atoms with Crippen LogP contribution in [0.15, 0.2) is 60.7 Å². The zero-order valence-corrected chi connectivity index (χ0v) is 24.7. The van der Waals surface area contributed by atoms with E-state index in [0.29, 0.717) is 39.3 Å². The van der Waals surface area contributed by atoms with Gasteiger partial charge in [-0.25, -0.2) is 14.4 Å². The van der Waals surface area contributed by atoms with E-state index in [0.717, 1.165) is 17.5 Å². The van der Waals surface area contributed by atoms with Gasteiger partial charge in [-0.15, -0.1) is 0 Å². The number of nitrogens with one attached hydrogen (secondary N) is 1. The first kappa shape index (κ1) is 28.7. The molecule has 2 aliphatic rings. The fourth-order valence-corrected chi connectivity index (χ4v) is 6.14. The average molecular weight is 601 g/mol. The number of fused-ring (bicyclic) bond motifs is 2. The number of carbonyl (C=O) groups excluding carboxylic acids is 3. The maximum absolute atomic E-state index is 15.0. The molecule has 1 N–H and O–H groups in total. The summed E-state index contributed by atoms with van der Waals surface area (Å²) in [6, 6.07) is 11.7. The molecule has 0 spiro atoms. The van der Waals surface area contributed by atoms with Crippen LogP contribution in [0.5, 0.6) is 0 Å². The molecule has 11 heteroatoms. The molecule has 0 unspecified atom stereocenters. The highest BCUT2D eigenvalue weighted by Crippen LogP contribution is 2.48. The minimum atomic E-state index is -0.702. The summed E-state index contributed by atoms with van der Waals surface area (Å²) in [6.45, 7) is 4.42. The molecule has 43 heavy (non-hydrogen) atoms. The molecule has 1 aliphatic carbocycles. The number of halogens is 2. The van der Waals surface area contributed by atoms with Crippen LogP contribution in [0.1, 0.15) is 48.6 Å². The number of benzene rings is 2. The molecule has 3 heterocycles. The second-order valence-corrected chi connectivity index (χ2v) is 11.6. The molecule has 4 aromatic rings. The van der Waals surface area contributed by atoms with Gasteiger partial charge in [-0.1, -0.05) is 35.9 Å². The monoisotopic (exact) mass is 600 g/mol. The number of hydrogen-bond acceptors (Lipinski definition) is 6. The third-order valence-corrected chi connectivity index (χ3v) is 8.61. The van der Waals surface area contributed by atoms with Crippen molar-refractivity contribution in [3.63, 3.8) is 0 Å². The Labute approximate surface area is 252 Å². The smallest absolute Gasteiger partial charge is 0.245 e. The van der Waals surface area contributed by atoms with E-state index in [1.54, 1.807) is 55.4 Å². The molecular weight excluding hydrogens is 571 g/mol. The molecule has 1 aliphatic heterocycles. The Kier molecular flexibility index (Phi) is 7.56. The van der Waals surface area contributed by atoms with Crippen LogP contribution in [0, 0.1) is 12.8 Å². The Morgan fingerprint density at radius 3 is 2.51 bits per heavy atom. The molecule has 3 atom stereocenters. The number of ketones is 1. The summed E-state index contributed by atoms with van der Waals surface area (Å²) in [5.74, 6) is -0.506. The van der Waals surface area contributed by atoms with Gasteiger partial charge in [-0.05, 0) is 67.5 Å². The Balaban J connectivity index is 1.20. The number of nitrogens with zero attached hydrogens (tertiary/aromatic N) is 5. The molecule has 1 saturated carbocycles. The Morgan fingerprint density at radius 1 is 1.05 bits per heavy atom. The standard InChI is InChI=1S/C32H30ClFN6O3/c1-17(23-6-4-5-7-25(23)33)26(34)15-37-32(43)29-12-21-11-28(21)40(29)30(42)16-39-27-9-8-20(22-13-35-19(3)36-14-22)10-24(27)31(38-39)18(2)41/h4-10,13-14,21,28-29H,11-12,15-16H2,1-3H3,(H,37,43)/b26-17+/t21-,28-,29+/m1/s1. The van der Waals surface area contributed by atoms with E-state index in [1.807, 2.05) is 18.2 Å². The second-order valence-electron chi connectivity index (χ2n) is 11.2. The van der Waals surface area contributed by atoms with E-state index in [-0.39, 0.29) is 42.4 Å². The van der Waals surface area contributed by atoms with Crippen molar-refractivity contribution in [3.8, 4) is 11.1 Å². The summed E-state index contributed by atoms with van der Waals surface area (Å²) in [5, 5.41) is 8.21.